The number of carbonyl (C=O) groups excluding carboxylic acids is 1. The van der Waals surface area contributed by atoms with Crippen LogP contribution < -0.4 is 0 Å². The molecule has 0 aliphatic carbocycles. The first-order chi connectivity index (χ1) is 11.4. The molecular weight excluding hydrogens is 359 g/mol. The third-order valence-electron chi connectivity index (χ3n) is 3.93. The van der Waals surface area contributed by atoms with Crippen molar-refractivity contribution < 1.29 is 27.8 Å². The van der Waals surface area contributed by atoms with Crippen molar-refractivity contribution in [3.8, 4) is 0 Å². The molecule has 0 saturated carbocycles. The average Bonchev–Trinajstić information content (AvgIpc) is 2.93. The molecule has 1 saturated heterocycles. The number of amides is 1. The maximum Gasteiger partial charge on any atom is 0.417 e. The number of aliphatic hydroxyl groups is 1. The van der Waals surface area contributed by atoms with Crippen molar-refractivity contribution in [2.75, 3.05) is 6.54 Å². The predicted molar refractivity (Wildman–Crippen MR) is 87.4 cm³/mol. The van der Waals surface area contributed by atoms with Crippen LogP contribution in [-0.2, 0) is 10.9 Å². The van der Waals surface area contributed by atoms with Gasteiger partial charge in [-0.15, -0.1) is 0 Å². The molecule has 1 aliphatic rings. The molecule has 25 heavy (non-hydrogen) atoms. The minimum atomic E-state index is -4.62. The SMILES string of the molecule is CC(C)(C)OC(=O)N1CCC[C@@H]1C(O)c1ccc(Cl)c(C(F)(F)F)c1. The Morgan fingerprint density at radius 1 is 1.36 bits per heavy atom. The summed E-state index contributed by atoms with van der Waals surface area (Å²) in [6, 6.07) is 2.64. The van der Waals surface area contributed by atoms with E-state index in [-0.39, 0.29) is 5.56 Å². The van der Waals surface area contributed by atoms with Gasteiger partial charge in [0.2, 0.25) is 0 Å². The van der Waals surface area contributed by atoms with E-state index in [0.717, 1.165) is 12.1 Å². The standard InChI is InChI=1S/C17H21ClF3NO3/c1-16(2,3)25-15(24)22-8-4-5-13(22)14(23)10-6-7-12(18)11(9-10)17(19,20)21/h6-7,9,13-14,23H,4-5,8H2,1-3H3/t13-,14?/m1/s1. The normalized spacial score (nSPS) is 19.8. The number of rotatable bonds is 2. The van der Waals surface area contributed by atoms with Gasteiger partial charge in [0.05, 0.1) is 22.7 Å². The fraction of sp³-hybridized carbons (Fsp3) is 0.588. The highest BCUT2D eigenvalue weighted by atomic mass is 35.5. The van der Waals surface area contributed by atoms with E-state index < -0.39 is 40.6 Å². The van der Waals surface area contributed by atoms with Crippen LogP contribution in [-0.4, -0.2) is 34.3 Å². The summed E-state index contributed by atoms with van der Waals surface area (Å²) in [6.07, 6.45) is -5.34. The zero-order chi connectivity index (χ0) is 19.0. The lowest BCUT2D eigenvalue weighted by molar-refractivity contribution is -0.137. The Morgan fingerprint density at radius 3 is 2.56 bits per heavy atom. The molecule has 4 nitrogen and oxygen atoms in total. The van der Waals surface area contributed by atoms with Crippen LogP contribution >= 0.6 is 11.6 Å². The zero-order valence-electron chi connectivity index (χ0n) is 14.2. The lowest BCUT2D eigenvalue weighted by Crippen LogP contribution is -2.42. The first-order valence-corrected chi connectivity index (χ1v) is 8.32. The Labute approximate surface area is 149 Å². The van der Waals surface area contributed by atoms with Crippen LogP contribution in [0, 0.1) is 0 Å². The molecule has 1 aromatic rings. The molecule has 8 heteroatoms. The Bertz CT molecular complexity index is 643. The first-order valence-electron chi connectivity index (χ1n) is 7.94. The summed E-state index contributed by atoms with van der Waals surface area (Å²) in [6.45, 7) is 5.56. The number of halogens is 4. The van der Waals surface area contributed by atoms with Crippen molar-refractivity contribution in [3.05, 3.63) is 34.3 Å². The fourth-order valence-electron chi connectivity index (χ4n) is 2.83. The number of hydrogen-bond acceptors (Lipinski definition) is 3. The monoisotopic (exact) mass is 379 g/mol. The van der Waals surface area contributed by atoms with Gasteiger partial charge in [0.1, 0.15) is 5.60 Å². The molecule has 0 bridgehead atoms. The van der Waals surface area contributed by atoms with E-state index in [1.165, 1.54) is 11.0 Å². The number of nitrogens with zero attached hydrogens (tertiary/aromatic N) is 1. The smallest absolute Gasteiger partial charge is 0.417 e. The molecule has 0 radical (unpaired) electrons. The van der Waals surface area contributed by atoms with E-state index >= 15 is 0 Å². The maximum absolute atomic E-state index is 13.0. The molecule has 140 valence electrons. The van der Waals surface area contributed by atoms with Crippen LogP contribution in [0.15, 0.2) is 18.2 Å². The molecule has 2 rings (SSSR count). The Hall–Kier alpha value is -1.47. The number of hydrogen-bond donors (Lipinski definition) is 1. The minimum absolute atomic E-state index is 0.0668. The maximum atomic E-state index is 13.0. The fourth-order valence-corrected chi connectivity index (χ4v) is 3.06. The average molecular weight is 380 g/mol. The van der Waals surface area contributed by atoms with Crippen LogP contribution in [0.4, 0.5) is 18.0 Å². The van der Waals surface area contributed by atoms with Crippen molar-refractivity contribution in [2.45, 2.75) is 57.5 Å². The van der Waals surface area contributed by atoms with Crippen LogP contribution in [0.3, 0.4) is 0 Å². The van der Waals surface area contributed by atoms with Crippen LogP contribution in [0.5, 0.6) is 0 Å². The highest BCUT2D eigenvalue weighted by Gasteiger charge is 2.39. The van der Waals surface area contributed by atoms with Crippen molar-refractivity contribution in [1.29, 1.82) is 0 Å². The van der Waals surface area contributed by atoms with Gasteiger partial charge < -0.3 is 14.7 Å². The summed E-state index contributed by atoms with van der Waals surface area (Å²) in [5, 5.41) is 10.1. The van der Waals surface area contributed by atoms with E-state index in [9.17, 15) is 23.1 Å². The van der Waals surface area contributed by atoms with Gasteiger partial charge in [-0.1, -0.05) is 17.7 Å². The number of likely N-dealkylation sites (tertiary alicyclic amines) is 1. The topological polar surface area (TPSA) is 49.8 Å². The molecule has 1 heterocycles. The molecule has 0 aromatic heterocycles. The summed E-state index contributed by atoms with van der Waals surface area (Å²) >= 11 is 5.61. The molecule has 1 fully saturated rings. The summed E-state index contributed by atoms with van der Waals surface area (Å²) < 4.78 is 44.3. The van der Waals surface area contributed by atoms with Gasteiger partial charge >= 0.3 is 12.3 Å². The summed E-state index contributed by atoms with van der Waals surface area (Å²) in [5.41, 5.74) is -1.64. The molecule has 1 aromatic carbocycles. The van der Waals surface area contributed by atoms with Crippen LogP contribution in [0.1, 0.15) is 50.8 Å². The van der Waals surface area contributed by atoms with Gasteiger partial charge in [-0.2, -0.15) is 13.2 Å². The first kappa shape index (κ1) is 19.8. The second kappa shape index (κ2) is 7.03. The summed E-state index contributed by atoms with van der Waals surface area (Å²) in [7, 11) is 0. The Kier molecular flexibility index (Phi) is 5.59. The van der Waals surface area contributed by atoms with Crippen molar-refractivity contribution in [3.63, 3.8) is 0 Å². The Balaban J connectivity index is 2.24. The zero-order valence-corrected chi connectivity index (χ0v) is 15.0. The number of ether oxygens (including phenoxy) is 1. The lowest BCUT2D eigenvalue weighted by atomic mass is 9.98. The molecule has 1 amide bonds. The van der Waals surface area contributed by atoms with E-state index in [2.05, 4.69) is 0 Å². The second-order valence-corrected chi connectivity index (χ2v) is 7.47. The van der Waals surface area contributed by atoms with Crippen LogP contribution in [0.25, 0.3) is 0 Å². The summed E-state index contributed by atoms with van der Waals surface area (Å²) in [5.74, 6) is 0. The van der Waals surface area contributed by atoms with Gasteiger partial charge in [0.25, 0.3) is 0 Å². The third kappa shape index (κ3) is 4.79. The number of benzene rings is 1. The third-order valence-corrected chi connectivity index (χ3v) is 4.26. The van der Waals surface area contributed by atoms with E-state index in [1.54, 1.807) is 20.8 Å². The highest BCUT2D eigenvalue weighted by molar-refractivity contribution is 6.31. The van der Waals surface area contributed by atoms with Crippen LogP contribution in [0.2, 0.25) is 5.02 Å². The van der Waals surface area contributed by atoms with E-state index in [0.29, 0.717) is 19.4 Å². The van der Waals surface area contributed by atoms with Crippen molar-refractivity contribution in [1.82, 2.24) is 4.90 Å². The molecule has 0 spiro atoms. The van der Waals surface area contributed by atoms with Gasteiger partial charge in [-0.25, -0.2) is 4.79 Å². The highest BCUT2D eigenvalue weighted by Crippen LogP contribution is 2.38. The summed E-state index contributed by atoms with van der Waals surface area (Å²) in [4.78, 5) is 13.7. The minimum Gasteiger partial charge on any atom is -0.444 e. The number of aliphatic hydroxyl groups excluding tert-OH is 1. The molecule has 1 unspecified atom stereocenters. The second-order valence-electron chi connectivity index (χ2n) is 7.07. The van der Waals surface area contributed by atoms with Gasteiger partial charge in [0, 0.05) is 6.54 Å². The van der Waals surface area contributed by atoms with E-state index in [1.807, 2.05) is 0 Å². The van der Waals surface area contributed by atoms with Gasteiger partial charge in [-0.3, -0.25) is 0 Å². The van der Waals surface area contributed by atoms with Crippen molar-refractivity contribution >= 4 is 17.7 Å². The predicted octanol–water partition coefficient (Wildman–Crippen LogP) is 4.79. The molecule has 1 aliphatic heterocycles. The molecule has 2 atom stereocenters. The molecular formula is C17H21ClF3NO3. The van der Waals surface area contributed by atoms with Gasteiger partial charge in [-0.05, 0) is 51.3 Å². The number of alkyl halides is 3. The number of carbonyl (C=O) groups is 1. The quantitative estimate of drug-likeness (QED) is 0.803. The Morgan fingerprint density at radius 2 is 2.00 bits per heavy atom. The lowest BCUT2D eigenvalue weighted by Gasteiger charge is -2.31. The largest absolute Gasteiger partial charge is 0.444 e. The molecule has 1 N–H and O–H groups in total. The van der Waals surface area contributed by atoms with Crippen molar-refractivity contribution in [2.24, 2.45) is 0 Å². The van der Waals surface area contributed by atoms with Gasteiger partial charge in [0.15, 0.2) is 0 Å². The van der Waals surface area contributed by atoms with E-state index in [4.69, 9.17) is 16.3 Å².